The molecule has 0 amide bonds. The van der Waals surface area contributed by atoms with Crippen LogP contribution < -0.4 is 4.72 Å². The first-order valence-corrected chi connectivity index (χ1v) is 7.01. The maximum Gasteiger partial charge on any atom is 0.175 e. The van der Waals surface area contributed by atoms with Crippen LogP contribution in [0.3, 0.4) is 0 Å². The fourth-order valence-corrected chi connectivity index (χ4v) is 2.74. The molecule has 0 fully saturated rings. The first-order valence-electron chi connectivity index (χ1n) is 5.06. The Bertz CT molecular complexity index is 481. The van der Waals surface area contributed by atoms with Gasteiger partial charge in [-0.2, -0.15) is 0 Å². The van der Waals surface area contributed by atoms with Crippen LogP contribution >= 0.6 is 15.9 Å². The fraction of sp³-hybridized carbons (Fsp3) is 0.0833. The molecule has 3 nitrogen and oxygen atoms in total. The highest BCUT2D eigenvalue weighted by Gasteiger charge is 2.11. The number of nitrogens with one attached hydrogen (secondary N) is 1. The SMILES string of the molecule is [O-][S+](NCc1ccccn1)c1cccc(Br)c1. The summed E-state index contributed by atoms with van der Waals surface area (Å²) in [7, 11) is 0. The van der Waals surface area contributed by atoms with E-state index in [2.05, 4.69) is 25.6 Å². The van der Waals surface area contributed by atoms with Gasteiger partial charge >= 0.3 is 0 Å². The molecule has 0 radical (unpaired) electrons. The molecule has 17 heavy (non-hydrogen) atoms. The second-order valence-corrected chi connectivity index (χ2v) is 5.58. The van der Waals surface area contributed by atoms with Gasteiger partial charge in [-0.3, -0.25) is 4.98 Å². The van der Waals surface area contributed by atoms with Gasteiger partial charge in [0.25, 0.3) is 0 Å². The smallest absolute Gasteiger partial charge is 0.175 e. The normalized spacial score (nSPS) is 12.4. The predicted octanol–water partition coefficient (Wildman–Crippen LogP) is 2.66. The van der Waals surface area contributed by atoms with Crippen molar-refractivity contribution in [2.45, 2.75) is 11.4 Å². The third-order valence-corrected chi connectivity index (χ3v) is 3.70. The van der Waals surface area contributed by atoms with Gasteiger partial charge in [0.15, 0.2) is 4.90 Å². The van der Waals surface area contributed by atoms with Crippen LogP contribution in [0.15, 0.2) is 58.0 Å². The van der Waals surface area contributed by atoms with Gasteiger partial charge in [0.2, 0.25) is 0 Å². The second-order valence-electron chi connectivity index (χ2n) is 3.37. The van der Waals surface area contributed by atoms with Gasteiger partial charge in [-0.15, -0.1) is 4.72 Å². The van der Waals surface area contributed by atoms with Crippen molar-refractivity contribution in [3.63, 3.8) is 0 Å². The maximum atomic E-state index is 11.9. The molecule has 1 heterocycles. The lowest BCUT2D eigenvalue weighted by Crippen LogP contribution is -2.23. The minimum Gasteiger partial charge on any atom is -0.593 e. The molecule has 2 aromatic rings. The molecular formula is C12H11BrN2OS. The van der Waals surface area contributed by atoms with Crippen LogP contribution in [-0.2, 0) is 17.9 Å². The summed E-state index contributed by atoms with van der Waals surface area (Å²) in [5.41, 5.74) is 0.871. The summed E-state index contributed by atoms with van der Waals surface area (Å²) in [4.78, 5) is 4.90. The number of hydrogen-bond donors (Lipinski definition) is 1. The quantitative estimate of drug-likeness (QED) is 0.883. The van der Waals surface area contributed by atoms with Crippen LogP contribution in [0.1, 0.15) is 5.69 Å². The summed E-state index contributed by atoms with van der Waals surface area (Å²) < 4.78 is 15.8. The number of rotatable bonds is 4. The molecule has 0 saturated carbocycles. The van der Waals surface area contributed by atoms with E-state index >= 15 is 0 Å². The van der Waals surface area contributed by atoms with Crippen molar-refractivity contribution < 1.29 is 4.55 Å². The molecule has 0 bridgehead atoms. The van der Waals surface area contributed by atoms with E-state index in [0.717, 1.165) is 15.1 Å². The van der Waals surface area contributed by atoms with Gasteiger partial charge in [0, 0.05) is 16.7 Å². The lowest BCUT2D eigenvalue weighted by molar-refractivity contribution is 0.579. The van der Waals surface area contributed by atoms with Gasteiger partial charge in [-0.05, 0) is 24.3 Å². The van der Waals surface area contributed by atoms with Crippen molar-refractivity contribution in [1.29, 1.82) is 0 Å². The van der Waals surface area contributed by atoms with Crippen LogP contribution in [0.5, 0.6) is 0 Å². The Kier molecular flexibility index (Phi) is 4.56. The van der Waals surface area contributed by atoms with E-state index in [1.165, 1.54) is 0 Å². The van der Waals surface area contributed by atoms with E-state index in [1.807, 2.05) is 42.5 Å². The van der Waals surface area contributed by atoms with E-state index in [4.69, 9.17) is 0 Å². The maximum absolute atomic E-state index is 11.9. The summed E-state index contributed by atoms with van der Waals surface area (Å²) in [6.07, 6.45) is 1.72. The van der Waals surface area contributed by atoms with Crippen molar-refractivity contribution in [2.75, 3.05) is 0 Å². The number of benzene rings is 1. The van der Waals surface area contributed by atoms with Crippen LogP contribution in [0, 0.1) is 0 Å². The molecule has 0 saturated heterocycles. The van der Waals surface area contributed by atoms with Crippen molar-refractivity contribution in [2.24, 2.45) is 0 Å². The molecule has 88 valence electrons. The van der Waals surface area contributed by atoms with Crippen LogP contribution in [0.2, 0.25) is 0 Å². The first-order chi connectivity index (χ1) is 8.25. The van der Waals surface area contributed by atoms with Crippen molar-refractivity contribution >= 4 is 27.3 Å². The lowest BCUT2D eigenvalue weighted by Gasteiger charge is -2.10. The molecule has 1 aromatic carbocycles. The topological polar surface area (TPSA) is 48.0 Å². The Balaban J connectivity index is 1.96. The van der Waals surface area contributed by atoms with Gasteiger partial charge in [0.05, 0.1) is 23.6 Å². The Labute approximate surface area is 112 Å². The Morgan fingerprint density at radius 2 is 2.12 bits per heavy atom. The highest BCUT2D eigenvalue weighted by molar-refractivity contribution is 9.10. The van der Waals surface area contributed by atoms with Crippen LogP contribution in [0.4, 0.5) is 0 Å². The average molecular weight is 311 g/mol. The van der Waals surface area contributed by atoms with E-state index in [0.29, 0.717) is 6.54 Å². The van der Waals surface area contributed by atoms with E-state index in [-0.39, 0.29) is 0 Å². The number of hydrogen-bond acceptors (Lipinski definition) is 3. The zero-order chi connectivity index (χ0) is 12.1. The molecule has 1 unspecified atom stereocenters. The number of aromatic nitrogens is 1. The van der Waals surface area contributed by atoms with Gasteiger partial charge in [0.1, 0.15) is 0 Å². The zero-order valence-corrected chi connectivity index (χ0v) is 11.4. The molecule has 1 atom stereocenters. The fourth-order valence-electron chi connectivity index (χ4n) is 1.31. The van der Waals surface area contributed by atoms with Crippen molar-refractivity contribution in [3.8, 4) is 0 Å². The van der Waals surface area contributed by atoms with Crippen molar-refractivity contribution in [1.82, 2.24) is 9.71 Å². The second kappa shape index (κ2) is 6.16. The van der Waals surface area contributed by atoms with Gasteiger partial charge in [-0.25, -0.2) is 0 Å². The minimum atomic E-state index is -1.21. The monoisotopic (exact) mass is 310 g/mol. The predicted molar refractivity (Wildman–Crippen MR) is 71.6 cm³/mol. The summed E-state index contributed by atoms with van der Waals surface area (Å²) in [6.45, 7) is 0.486. The van der Waals surface area contributed by atoms with Crippen LogP contribution in [-0.4, -0.2) is 9.54 Å². The number of nitrogens with zero attached hydrogens (tertiary/aromatic N) is 1. The molecule has 0 aliphatic heterocycles. The number of pyridine rings is 1. The molecule has 0 aliphatic rings. The third-order valence-electron chi connectivity index (χ3n) is 2.12. The summed E-state index contributed by atoms with van der Waals surface area (Å²) in [6, 6.07) is 13.1. The molecule has 1 N–H and O–H groups in total. The molecular weight excluding hydrogens is 300 g/mol. The Morgan fingerprint density at radius 1 is 1.24 bits per heavy atom. The Morgan fingerprint density at radius 3 is 2.82 bits per heavy atom. The zero-order valence-electron chi connectivity index (χ0n) is 8.97. The summed E-state index contributed by atoms with van der Waals surface area (Å²) in [5, 5.41) is 0. The van der Waals surface area contributed by atoms with E-state index in [1.54, 1.807) is 6.20 Å². The molecule has 5 heteroatoms. The van der Waals surface area contributed by atoms with E-state index < -0.39 is 11.4 Å². The lowest BCUT2D eigenvalue weighted by atomic mass is 10.4. The van der Waals surface area contributed by atoms with E-state index in [9.17, 15) is 4.55 Å². The first kappa shape index (κ1) is 12.6. The summed E-state index contributed by atoms with van der Waals surface area (Å²) in [5.74, 6) is 0. The van der Waals surface area contributed by atoms with Gasteiger partial charge < -0.3 is 4.55 Å². The third kappa shape index (κ3) is 3.81. The average Bonchev–Trinajstić information content (AvgIpc) is 2.37. The summed E-state index contributed by atoms with van der Waals surface area (Å²) >= 11 is 2.14. The minimum absolute atomic E-state index is 0.486. The van der Waals surface area contributed by atoms with Crippen molar-refractivity contribution in [3.05, 3.63) is 58.8 Å². The molecule has 1 aromatic heterocycles. The molecule has 0 aliphatic carbocycles. The largest absolute Gasteiger partial charge is 0.593 e. The molecule has 2 rings (SSSR count). The standard InChI is InChI=1S/C12H11BrN2OS/c13-10-4-3-6-12(8-10)17(16)15-9-11-5-1-2-7-14-11/h1-8,15H,9H2. The highest BCUT2D eigenvalue weighted by atomic mass is 79.9. The highest BCUT2D eigenvalue weighted by Crippen LogP contribution is 2.15. The number of halogens is 1. The van der Waals surface area contributed by atoms with Gasteiger partial charge in [-0.1, -0.05) is 28.1 Å². The van der Waals surface area contributed by atoms with Crippen LogP contribution in [0.25, 0.3) is 0 Å². The molecule has 0 spiro atoms. The Hall–Kier alpha value is -0.880.